The van der Waals surface area contributed by atoms with Gasteiger partial charge in [0.2, 0.25) is 5.78 Å². The molecule has 8 heteroatoms. The van der Waals surface area contributed by atoms with E-state index in [1.54, 1.807) is 13.8 Å². The second-order valence-electron chi connectivity index (χ2n) is 10.4. The molecule has 0 heterocycles. The molecule has 0 saturated heterocycles. The Bertz CT molecular complexity index is 945. The molecule has 0 aliphatic heterocycles. The lowest BCUT2D eigenvalue weighted by atomic mass is 9.44. The van der Waals surface area contributed by atoms with Crippen molar-refractivity contribution in [2.24, 2.45) is 28.6 Å². The van der Waals surface area contributed by atoms with Crippen molar-refractivity contribution < 1.29 is 38.1 Å². The highest BCUT2D eigenvalue weighted by Crippen LogP contribution is 2.71. The molecule has 4 aliphatic rings. The summed E-state index contributed by atoms with van der Waals surface area (Å²) in [7, 11) is 0. The van der Waals surface area contributed by atoms with Gasteiger partial charge in [0.1, 0.15) is 12.8 Å². The van der Waals surface area contributed by atoms with E-state index < -0.39 is 76.3 Å². The van der Waals surface area contributed by atoms with Gasteiger partial charge < -0.3 is 14.9 Å². The Balaban J connectivity index is 1.89. The van der Waals surface area contributed by atoms with Crippen molar-refractivity contribution in [2.75, 3.05) is 6.61 Å². The van der Waals surface area contributed by atoms with Gasteiger partial charge in [-0.3, -0.25) is 14.4 Å². The van der Waals surface area contributed by atoms with Crippen molar-refractivity contribution in [1.82, 2.24) is 0 Å². The van der Waals surface area contributed by atoms with E-state index in [2.05, 4.69) is 0 Å². The van der Waals surface area contributed by atoms with Crippen molar-refractivity contribution in [2.45, 2.75) is 70.5 Å². The lowest BCUT2D eigenvalue weighted by Gasteiger charge is -2.63. The van der Waals surface area contributed by atoms with Gasteiger partial charge in [0, 0.05) is 29.6 Å². The first-order valence-corrected chi connectivity index (χ1v) is 11.1. The number of aliphatic hydroxyl groups excluding tert-OH is 2. The lowest BCUT2D eigenvalue weighted by molar-refractivity contribution is -0.231. The van der Waals surface area contributed by atoms with E-state index in [1.807, 2.05) is 0 Å². The molecule has 32 heavy (non-hydrogen) atoms. The molecule has 3 fully saturated rings. The van der Waals surface area contributed by atoms with Crippen molar-refractivity contribution in [3.63, 3.8) is 0 Å². The second-order valence-corrected chi connectivity index (χ2v) is 10.4. The minimum absolute atomic E-state index is 0.0233. The first-order chi connectivity index (χ1) is 14.8. The molecule has 0 amide bonds. The Kier molecular flexibility index (Phi) is 5.11. The Labute approximate surface area is 185 Å². The Hall–Kier alpha value is -1.93. The number of fused-ring (bicyclic) bond motifs is 5. The summed E-state index contributed by atoms with van der Waals surface area (Å²) in [6.45, 7) is 5.16. The molecule has 4 aliphatic carbocycles. The summed E-state index contributed by atoms with van der Waals surface area (Å²) in [6.07, 6.45) is 0.273. The van der Waals surface area contributed by atoms with Crippen LogP contribution in [0.1, 0.15) is 47.0 Å². The van der Waals surface area contributed by atoms with Crippen LogP contribution in [0.3, 0.4) is 0 Å². The van der Waals surface area contributed by atoms with E-state index in [-0.39, 0.29) is 24.8 Å². The average Bonchev–Trinajstić information content (AvgIpc) is 2.92. The Morgan fingerprint density at radius 1 is 1.25 bits per heavy atom. The number of carbonyl (C=O) groups is 3. The van der Waals surface area contributed by atoms with Crippen LogP contribution in [0.25, 0.3) is 0 Å². The fourth-order valence-electron chi connectivity index (χ4n) is 7.74. The number of ether oxygens (including phenoxy) is 1. The molecular weight excluding hydrogens is 422 g/mol. The van der Waals surface area contributed by atoms with Crippen molar-refractivity contribution in [3.05, 3.63) is 23.8 Å². The number of rotatable bonds is 3. The van der Waals surface area contributed by atoms with Crippen molar-refractivity contribution in [1.29, 1.82) is 0 Å². The maximum atomic E-state index is 17.1. The summed E-state index contributed by atoms with van der Waals surface area (Å²) in [6, 6.07) is 0. The molecule has 0 radical (unpaired) electrons. The number of hydrogen-bond donors (Lipinski definition) is 2. The monoisotopic (exact) mass is 452 g/mol. The zero-order valence-electron chi connectivity index (χ0n) is 18.7. The third-order valence-electron chi connectivity index (χ3n) is 9.03. The molecule has 0 aromatic heterocycles. The SMILES string of the molecule is CC(=O)O[C@]1(C(=O)CO)[C@H](C)C[C@H]2[C@@H]3C[C@H](F)C4=CC(=O)C=C[C@]4(C)[C@@]3(F)[C@@H](O)C[C@]21C. The summed E-state index contributed by atoms with van der Waals surface area (Å²) >= 11 is 0. The van der Waals surface area contributed by atoms with Gasteiger partial charge in [0.15, 0.2) is 17.1 Å². The first-order valence-electron chi connectivity index (χ1n) is 11.1. The normalized spacial score (nSPS) is 49.6. The standard InChI is InChI=1S/C24H30F2O6/c1-12-7-15-16-9-18(25)17-8-14(29)5-6-21(17,3)23(16,26)19(30)10-22(15,4)24(12,20(31)11-27)32-13(2)28/h5-6,8,12,15-16,18-19,27,30H,7,9-11H2,1-4H3/t12-,15+,16+,18+,19+,21+,22-,23+,24+/m1/s1. The topological polar surface area (TPSA) is 101 Å². The first kappa shape index (κ1) is 23.2. The van der Waals surface area contributed by atoms with Gasteiger partial charge in [-0.25, -0.2) is 8.78 Å². The molecule has 9 atom stereocenters. The van der Waals surface area contributed by atoms with E-state index >= 15 is 8.78 Å². The fraction of sp³-hybridized carbons (Fsp3) is 0.708. The van der Waals surface area contributed by atoms with Crippen LogP contribution in [0.2, 0.25) is 0 Å². The number of ketones is 2. The van der Waals surface area contributed by atoms with Gasteiger partial charge >= 0.3 is 5.97 Å². The number of allylic oxidation sites excluding steroid dienone is 4. The predicted molar refractivity (Wildman–Crippen MR) is 110 cm³/mol. The van der Waals surface area contributed by atoms with Crippen molar-refractivity contribution in [3.8, 4) is 0 Å². The summed E-state index contributed by atoms with van der Waals surface area (Å²) < 4.78 is 38.1. The molecule has 4 rings (SSSR count). The van der Waals surface area contributed by atoms with E-state index in [1.165, 1.54) is 19.1 Å². The molecule has 3 saturated carbocycles. The van der Waals surface area contributed by atoms with Crippen LogP contribution in [-0.2, 0) is 19.1 Å². The van der Waals surface area contributed by atoms with Gasteiger partial charge in [-0.05, 0) is 49.8 Å². The van der Waals surface area contributed by atoms with E-state index in [0.29, 0.717) is 0 Å². The number of carbonyl (C=O) groups excluding carboxylic acids is 3. The second kappa shape index (κ2) is 7.03. The number of alkyl halides is 2. The molecule has 2 N–H and O–H groups in total. The van der Waals surface area contributed by atoms with Gasteiger partial charge in [-0.15, -0.1) is 0 Å². The van der Waals surface area contributed by atoms with Crippen LogP contribution in [-0.4, -0.2) is 57.9 Å². The zero-order valence-corrected chi connectivity index (χ0v) is 18.7. The molecule has 6 nitrogen and oxygen atoms in total. The zero-order chi connectivity index (χ0) is 23.9. The van der Waals surface area contributed by atoms with Crippen LogP contribution >= 0.6 is 0 Å². The quantitative estimate of drug-likeness (QED) is 0.638. The molecule has 0 unspecified atom stereocenters. The van der Waals surface area contributed by atoms with Crippen LogP contribution < -0.4 is 0 Å². The maximum Gasteiger partial charge on any atom is 0.303 e. The van der Waals surface area contributed by atoms with Gasteiger partial charge in [0.25, 0.3) is 0 Å². The van der Waals surface area contributed by atoms with E-state index in [4.69, 9.17) is 4.74 Å². The average molecular weight is 452 g/mol. The largest absolute Gasteiger partial charge is 0.450 e. The molecule has 0 spiro atoms. The summed E-state index contributed by atoms with van der Waals surface area (Å²) in [5, 5.41) is 21.0. The summed E-state index contributed by atoms with van der Waals surface area (Å²) in [5.74, 6) is -3.99. The van der Waals surface area contributed by atoms with Crippen LogP contribution in [0, 0.1) is 28.6 Å². The number of esters is 1. The van der Waals surface area contributed by atoms with Crippen LogP contribution in [0.15, 0.2) is 23.8 Å². The smallest absolute Gasteiger partial charge is 0.303 e. The Morgan fingerprint density at radius 3 is 2.50 bits per heavy atom. The van der Waals surface area contributed by atoms with Crippen molar-refractivity contribution >= 4 is 17.5 Å². The highest BCUT2D eigenvalue weighted by Gasteiger charge is 2.77. The highest BCUT2D eigenvalue weighted by molar-refractivity contribution is 6.01. The minimum atomic E-state index is -2.28. The van der Waals surface area contributed by atoms with Crippen LogP contribution in [0.4, 0.5) is 8.78 Å². The third kappa shape index (κ3) is 2.54. The Morgan fingerprint density at radius 2 is 1.91 bits per heavy atom. The molecule has 0 aromatic carbocycles. The highest BCUT2D eigenvalue weighted by atomic mass is 19.1. The van der Waals surface area contributed by atoms with Gasteiger partial charge in [0.05, 0.1) is 6.10 Å². The maximum absolute atomic E-state index is 17.1. The number of halogens is 2. The summed E-state index contributed by atoms with van der Waals surface area (Å²) in [5.41, 5.74) is -6.74. The molecule has 0 bridgehead atoms. The van der Waals surface area contributed by atoms with Crippen LogP contribution in [0.5, 0.6) is 0 Å². The van der Waals surface area contributed by atoms with E-state index in [0.717, 1.165) is 13.0 Å². The fourth-order valence-corrected chi connectivity index (χ4v) is 7.74. The predicted octanol–water partition coefficient (Wildman–Crippen LogP) is 2.41. The van der Waals surface area contributed by atoms with Gasteiger partial charge in [-0.2, -0.15) is 0 Å². The number of aliphatic hydroxyl groups is 2. The van der Waals surface area contributed by atoms with Gasteiger partial charge in [-0.1, -0.05) is 19.9 Å². The number of Topliss-reactive ketones (excluding diaryl/α,β-unsaturated/α-hetero) is 1. The lowest BCUT2D eigenvalue weighted by Crippen LogP contribution is -2.71. The third-order valence-corrected chi connectivity index (χ3v) is 9.03. The minimum Gasteiger partial charge on any atom is -0.450 e. The van der Waals surface area contributed by atoms with E-state index in [9.17, 15) is 24.6 Å². The molecule has 176 valence electrons. The molecular formula is C24H30F2O6. The number of hydrogen-bond acceptors (Lipinski definition) is 6. The summed E-state index contributed by atoms with van der Waals surface area (Å²) in [4.78, 5) is 37.0. The molecule has 0 aromatic rings.